The molecule has 0 fully saturated rings. The summed E-state index contributed by atoms with van der Waals surface area (Å²) >= 11 is 0. The monoisotopic (exact) mass is 389 g/mol. The van der Waals surface area contributed by atoms with Crippen LogP contribution in [0.1, 0.15) is 32.6 Å². The summed E-state index contributed by atoms with van der Waals surface area (Å²) in [5.74, 6) is -0.174. The van der Waals surface area contributed by atoms with E-state index < -0.39 is 11.4 Å². The standard InChI is InChI=1S/C22H19N3O4/c1-14-18(11-23)21(27)25(13-16-4-3-9-24-12-16)22(28)20(14)19(26)10-15-5-7-17(29-2)8-6-15/h3-9,12,28H,10,13H2,1-2H3. The van der Waals surface area contributed by atoms with Crippen molar-refractivity contribution < 1.29 is 14.6 Å². The minimum absolute atomic E-state index is 0.00369. The van der Waals surface area contributed by atoms with Crippen LogP contribution in [-0.4, -0.2) is 27.6 Å². The summed E-state index contributed by atoms with van der Waals surface area (Å²) in [6, 6.07) is 12.3. The average molecular weight is 389 g/mol. The number of rotatable bonds is 6. The predicted octanol–water partition coefficient (Wildman–Crippen LogP) is 2.61. The van der Waals surface area contributed by atoms with E-state index >= 15 is 0 Å². The molecule has 0 aliphatic carbocycles. The molecule has 0 amide bonds. The van der Waals surface area contributed by atoms with Gasteiger partial charge in [-0.15, -0.1) is 0 Å². The Morgan fingerprint density at radius 2 is 1.97 bits per heavy atom. The number of nitriles is 1. The highest BCUT2D eigenvalue weighted by Gasteiger charge is 2.24. The molecule has 7 heteroatoms. The summed E-state index contributed by atoms with van der Waals surface area (Å²) in [7, 11) is 1.55. The zero-order chi connectivity index (χ0) is 21.0. The van der Waals surface area contributed by atoms with Crippen LogP contribution in [0.2, 0.25) is 0 Å². The van der Waals surface area contributed by atoms with E-state index in [0.29, 0.717) is 11.3 Å². The van der Waals surface area contributed by atoms with Crippen molar-refractivity contribution in [1.82, 2.24) is 9.55 Å². The maximum Gasteiger partial charge on any atom is 0.271 e. The number of nitrogens with zero attached hydrogens (tertiary/aromatic N) is 3. The molecule has 3 rings (SSSR count). The Balaban J connectivity index is 2.05. The zero-order valence-electron chi connectivity index (χ0n) is 16.0. The number of Topliss-reactive ketones (excluding diaryl/α,β-unsaturated/α-hetero) is 1. The smallest absolute Gasteiger partial charge is 0.271 e. The number of ketones is 1. The molecule has 0 unspecified atom stereocenters. The van der Waals surface area contributed by atoms with Crippen LogP contribution in [0.15, 0.2) is 53.6 Å². The van der Waals surface area contributed by atoms with Crippen molar-refractivity contribution in [2.75, 3.05) is 7.11 Å². The number of carbonyl (C=O) groups is 1. The first-order valence-electron chi connectivity index (χ1n) is 8.87. The molecule has 0 bridgehead atoms. The van der Waals surface area contributed by atoms with Crippen molar-refractivity contribution in [3.63, 3.8) is 0 Å². The molecule has 2 heterocycles. The number of ether oxygens (including phenoxy) is 1. The second kappa shape index (κ2) is 8.40. The second-order valence-electron chi connectivity index (χ2n) is 6.51. The topological polar surface area (TPSA) is 105 Å². The number of hydrogen-bond acceptors (Lipinski definition) is 6. The Kier molecular flexibility index (Phi) is 5.74. The van der Waals surface area contributed by atoms with Gasteiger partial charge >= 0.3 is 0 Å². The van der Waals surface area contributed by atoms with Crippen molar-refractivity contribution in [2.45, 2.75) is 19.9 Å². The van der Waals surface area contributed by atoms with Crippen molar-refractivity contribution in [3.8, 4) is 17.7 Å². The SMILES string of the molecule is COc1ccc(CC(=O)c2c(C)c(C#N)c(=O)n(Cc3cccnc3)c2O)cc1. The minimum Gasteiger partial charge on any atom is -0.497 e. The van der Waals surface area contributed by atoms with Crippen molar-refractivity contribution in [3.05, 3.63) is 87.0 Å². The Bertz CT molecular complexity index is 1140. The van der Waals surface area contributed by atoms with Gasteiger partial charge in [0.05, 0.1) is 19.2 Å². The predicted molar refractivity (Wildman–Crippen MR) is 106 cm³/mol. The molecule has 0 saturated carbocycles. The Morgan fingerprint density at radius 3 is 2.55 bits per heavy atom. The highest BCUT2D eigenvalue weighted by Crippen LogP contribution is 2.25. The lowest BCUT2D eigenvalue weighted by molar-refractivity contribution is 0.0988. The van der Waals surface area contributed by atoms with Gasteiger partial charge in [-0.25, -0.2) is 0 Å². The average Bonchev–Trinajstić information content (AvgIpc) is 2.73. The molecule has 7 nitrogen and oxygen atoms in total. The molecule has 3 aromatic rings. The third-order valence-corrected chi connectivity index (χ3v) is 4.67. The number of benzene rings is 1. The second-order valence-corrected chi connectivity index (χ2v) is 6.51. The maximum atomic E-state index is 13.0. The fraction of sp³-hybridized carbons (Fsp3) is 0.182. The summed E-state index contributed by atoms with van der Waals surface area (Å²) in [4.78, 5) is 29.6. The van der Waals surface area contributed by atoms with Gasteiger partial charge in [-0.3, -0.25) is 19.1 Å². The molecule has 0 spiro atoms. The lowest BCUT2D eigenvalue weighted by Crippen LogP contribution is -2.27. The van der Waals surface area contributed by atoms with Gasteiger partial charge < -0.3 is 9.84 Å². The lowest BCUT2D eigenvalue weighted by Gasteiger charge is -2.15. The summed E-state index contributed by atoms with van der Waals surface area (Å²) in [6.07, 6.45) is 3.15. The van der Waals surface area contributed by atoms with Crippen molar-refractivity contribution in [1.29, 1.82) is 5.26 Å². The van der Waals surface area contributed by atoms with Gasteiger partial charge in [0, 0.05) is 18.8 Å². The van der Waals surface area contributed by atoms with Gasteiger partial charge in [0.15, 0.2) is 5.78 Å². The summed E-state index contributed by atoms with van der Waals surface area (Å²) in [5.41, 5.74) is 0.721. The van der Waals surface area contributed by atoms with E-state index in [2.05, 4.69) is 4.98 Å². The molecule has 0 saturated heterocycles. The molecular weight excluding hydrogens is 370 g/mol. The first-order valence-corrected chi connectivity index (χ1v) is 8.87. The summed E-state index contributed by atoms with van der Waals surface area (Å²) < 4.78 is 6.14. The minimum atomic E-state index is -0.646. The molecule has 0 aliphatic rings. The summed E-state index contributed by atoms with van der Waals surface area (Å²) in [5, 5.41) is 20.2. The van der Waals surface area contributed by atoms with Crippen LogP contribution in [0.25, 0.3) is 0 Å². The van der Waals surface area contributed by atoms with Gasteiger partial charge in [-0.05, 0) is 41.8 Å². The molecule has 1 N–H and O–H groups in total. The highest BCUT2D eigenvalue weighted by atomic mass is 16.5. The molecule has 0 atom stereocenters. The van der Waals surface area contributed by atoms with Crippen molar-refractivity contribution >= 4 is 5.78 Å². The third-order valence-electron chi connectivity index (χ3n) is 4.67. The first-order chi connectivity index (χ1) is 14.0. The van der Waals surface area contributed by atoms with E-state index in [1.165, 1.54) is 6.92 Å². The molecule has 0 radical (unpaired) electrons. The van der Waals surface area contributed by atoms with Gasteiger partial charge in [0.1, 0.15) is 17.4 Å². The van der Waals surface area contributed by atoms with Crippen molar-refractivity contribution in [2.24, 2.45) is 0 Å². The Morgan fingerprint density at radius 1 is 1.24 bits per heavy atom. The van der Waals surface area contributed by atoms with Gasteiger partial charge in [0.2, 0.25) is 5.88 Å². The number of hydrogen-bond donors (Lipinski definition) is 1. The number of methoxy groups -OCH3 is 1. The molecule has 1 aromatic carbocycles. The Labute approximate surface area is 167 Å². The lowest BCUT2D eigenvalue weighted by atomic mass is 9.97. The first kappa shape index (κ1) is 19.8. The molecule has 2 aromatic heterocycles. The van der Waals surface area contributed by atoms with Gasteiger partial charge in [-0.2, -0.15) is 5.26 Å². The van der Waals surface area contributed by atoms with E-state index in [0.717, 1.165) is 10.1 Å². The van der Waals surface area contributed by atoms with Crippen LogP contribution in [0.5, 0.6) is 11.6 Å². The van der Waals surface area contributed by atoms with Crippen LogP contribution in [0, 0.1) is 18.3 Å². The molecule has 29 heavy (non-hydrogen) atoms. The van der Waals surface area contributed by atoms with E-state index in [1.807, 2.05) is 6.07 Å². The van der Waals surface area contributed by atoms with Crippen LogP contribution in [0.3, 0.4) is 0 Å². The molecule has 146 valence electrons. The Hall–Kier alpha value is -3.92. The fourth-order valence-electron chi connectivity index (χ4n) is 3.12. The summed E-state index contributed by atoms with van der Waals surface area (Å²) in [6.45, 7) is 1.49. The number of carbonyl (C=O) groups excluding carboxylic acids is 1. The molecular formula is C22H19N3O4. The van der Waals surface area contributed by atoms with E-state index in [9.17, 15) is 20.0 Å². The van der Waals surface area contributed by atoms with Gasteiger partial charge in [-0.1, -0.05) is 18.2 Å². The highest BCUT2D eigenvalue weighted by molar-refractivity contribution is 6.01. The van der Waals surface area contributed by atoms with E-state index in [1.54, 1.807) is 55.9 Å². The van der Waals surface area contributed by atoms with Crippen LogP contribution < -0.4 is 10.3 Å². The fourth-order valence-corrected chi connectivity index (χ4v) is 3.12. The van der Waals surface area contributed by atoms with Crippen LogP contribution >= 0.6 is 0 Å². The largest absolute Gasteiger partial charge is 0.497 e. The number of aromatic hydroxyl groups is 1. The maximum absolute atomic E-state index is 13.0. The van der Waals surface area contributed by atoms with Crippen LogP contribution in [0.4, 0.5) is 0 Å². The number of aromatic nitrogens is 2. The van der Waals surface area contributed by atoms with Gasteiger partial charge in [0.25, 0.3) is 5.56 Å². The zero-order valence-corrected chi connectivity index (χ0v) is 16.0. The normalized spacial score (nSPS) is 10.4. The van der Waals surface area contributed by atoms with E-state index in [4.69, 9.17) is 4.74 Å². The van der Waals surface area contributed by atoms with Crippen LogP contribution in [-0.2, 0) is 13.0 Å². The molecule has 0 aliphatic heterocycles. The third kappa shape index (κ3) is 4.01. The number of pyridine rings is 2. The van der Waals surface area contributed by atoms with E-state index in [-0.39, 0.29) is 35.4 Å². The quantitative estimate of drug-likeness (QED) is 0.650.